The number of ether oxygens (including phenoxy) is 1. The van der Waals surface area contributed by atoms with Gasteiger partial charge < -0.3 is 4.74 Å². The second-order valence-corrected chi connectivity index (χ2v) is 3.56. The van der Waals surface area contributed by atoms with Crippen LogP contribution in [0.3, 0.4) is 0 Å². The maximum Gasteiger partial charge on any atom is 0.136 e. The Bertz CT molecular complexity index is 237. The molecule has 2 heterocycles. The molecule has 0 aromatic carbocycles. The van der Waals surface area contributed by atoms with Crippen LogP contribution in [0, 0.1) is 0 Å². The zero-order valence-corrected chi connectivity index (χ0v) is 7.25. The number of hydrogen-bond acceptors (Lipinski definition) is 3. The molecule has 2 saturated heterocycles. The maximum absolute atomic E-state index is 11.2. The maximum atomic E-state index is 11.2. The lowest BCUT2D eigenvalue weighted by molar-refractivity contribution is -0.128. The van der Waals surface area contributed by atoms with Crippen LogP contribution in [0.5, 0.6) is 0 Å². The number of ketones is 1. The number of carbonyl (C=O) groups excluding carboxylic acids is 1. The van der Waals surface area contributed by atoms with Gasteiger partial charge in [-0.05, 0) is 7.05 Å². The topological polar surface area (TPSA) is 29.5 Å². The van der Waals surface area contributed by atoms with Gasteiger partial charge in [-0.15, -0.1) is 0 Å². The van der Waals surface area contributed by atoms with Crippen molar-refractivity contribution in [2.75, 3.05) is 13.7 Å². The number of likely N-dealkylation sites (N-methyl/N-ethyl adjacent to an activating group) is 1. The van der Waals surface area contributed by atoms with Gasteiger partial charge in [-0.1, -0.05) is 6.58 Å². The highest BCUT2D eigenvalue weighted by molar-refractivity contribution is 5.81. The number of rotatable bonds is 0. The summed E-state index contributed by atoms with van der Waals surface area (Å²) in [6, 6.07) is 0.409. The van der Waals surface area contributed by atoms with Crippen molar-refractivity contribution in [1.82, 2.24) is 4.90 Å². The van der Waals surface area contributed by atoms with Crippen molar-refractivity contribution in [1.29, 1.82) is 0 Å². The lowest BCUT2D eigenvalue weighted by Crippen LogP contribution is -2.53. The van der Waals surface area contributed by atoms with Gasteiger partial charge >= 0.3 is 0 Å². The Balaban J connectivity index is 2.22. The molecule has 3 nitrogen and oxygen atoms in total. The van der Waals surface area contributed by atoms with Crippen LogP contribution in [-0.2, 0) is 9.53 Å². The molecule has 0 aromatic heterocycles. The first-order valence-corrected chi connectivity index (χ1v) is 4.23. The average Bonchev–Trinajstić information content (AvgIpc) is 2.01. The minimum Gasteiger partial charge on any atom is -0.495 e. The molecule has 2 rings (SSSR count). The molecule has 0 aliphatic carbocycles. The molecule has 2 aliphatic rings. The number of piperidine rings is 1. The molecular weight excluding hydrogens is 154 g/mol. The summed E-state index contributed by atoms with van der Waals surface area (Å²) in [6.45, 7) is 4.43. The highest BCUT2D eigenvalue weighted by Crippen LogP contribution is 2.28. The quantitative estimate of drug-likeness (QED) is 0.528. The van der Waals surface area contributed by atoms with Crippen LogP contribution in [0.25, 0.3) is 0 Å². The van der Waals surface area contributed by atoms with E-state index in [-0.39, 0.29) is 12.1 Å². The molecule has 2 aliphatic heterocycles. The van der Waals surface area contributed by atoms with Crippen molar-refractivity contribution in [2.45, 2.75) is 24.9 Å². The van der Waals surface area contributed by atoms with Gasteiger partial charge in [0, 0.05) is 12.8 Å². The van der Waals surface area contributed by atoms with Crippen molar-refractivity contribution >= 4 is 5.78 Å². The lowest BCUT2D eigenvalue weighted by atomic mass is 9.93. The molecule has 0 N–H and O–H groups in total. The Kier molecular flexibility index (Phi) is 1.68. The van der Waals surface area contributed by atoms with Crippen molar-refractivity contribution in [2.24, 2.45) is 0 Å². The molecule has 0 aromatic rings. The van der Waals surface area contributed by atoms with E-state index in [9.17, 15) is 4.79 Å². The Morgan fingerprint density at radius 2 is 2.33 bits per heavy atom. The molecule has 0 saturated carbocycles. The van der Waals surface area contributed by atoms with Crippen molar-refractivity contribution in [3.8, 4) is 0 Å². The summed E-state index contributed by atoms with van der Waals surface area (Å²) >= 11 is 0. The fraction of sp³-hybridized carbons (Fsp3) is 0.667. The van der Waals surface area contributed by atoms with Crippen LogP contribution in [0.4, 0.5) is 0 Å². The van der Waals surface area contributed by atoms with Crippen molar-refractivity contribution < 1.29 is 9.53 Å². The zero-order chi connectivity index (χ0) is 8.72. The summed E-state index contributed by atoms with van der Waals surface area (Å²) in [4.78, 5) is 13.4. The molecule has 3 heteroatoms. The van der Waals surface area contributed by atoms with Crippen LogP contribution < -0.4 is 0 Å². The van der Waals surface area contributed by atoms with E-state index in [0.717, 1.165) is 5.76 Å². The number of nitrogens with zero attached hydrogens (tertiary/aromatic N) is 1. The molecule has 2 atom stereocenters. The number of carbonyl (C=O) groups is 1. The van der Waals surface area contributed by atoms with Gasteiger partial charge in [0.1, 0.15) is 18.1 Å². The van der Waals surface area contributed by atoms with Gasteiger partial charge in [0.25, 0.3) is 0 Å². The SMILES string of the molecule is C=C1OCC2CC(=O)CC1N2C. The fourth-order valence-corrected chi connectivity index (χ4v) is 1.92. The Hall–Kier alpha value is -0.830. The molecule has 0 spiro atoms. The second-order valence-electron chi connectivity index (χ2n) is 3.56. The van der Waals surface area contributed by atoms with Gasteiger partial charge in [0.05, 0.1) is 12.1 Å². The van der Waals surface area contributed by atoms with Crippen LogP contribution in [0.1, 0.15) is 12.8 Å². The molecule has 12 heavy (non-hydrogen) atoms. The minimum atomic E-state index is 0.130. The van der Waals surface area contributed by atoms with Gasteiger partial charge in [0.15, 0.2) is 0 Å². The molecule has 0 radical (unpaired) electrons. The first-order valence-electron chi connectivity index (χ1n) is 4.23. The second kappa shape index (κ2) is 2.59. The monoisotopic (exact) mass is 167 g/mol. The molecule has 0 amide bonds. The van der Waals surface area contributed by atoms with E-state index in [4.69, 9.17) is 4.74 Å². The summed E-state index contributed by atoms with van der Waals surface area (Å²) in [5, 5.41) is 0. The summed E-state index contributed by atoms with van der Waals surface area (Å²) in [5.74, 6) is 1.09. The standard InChI is InChI=1S/C9H13NO2/c1-6-9-4-8(11)3-7(5-12-6)10(9)2/h7,9H,1,3-5H2,2H3. The first kappa shape index (κ1) is 7.80. The Labute approximate surface area is 72.0 Å². The van der Waals surface area contributed by atoms with Crippen molar-refractivity contribution in [3.05, 3.63) is 12.3 Å². The van der Waals surface area contributed by atoms with E-state index in [1.807, 2.05) is 7.05 Å². The van der Waals surface area contributed by atoms with Crippen LogP contribution in [-0.4, -0.2) is 36.4 Å². The normalized spacial score (nSPS) is 36.4. The number of morpholine rings is 1. The van der Waals surface area contributed by atoms with Crippen LogP contribution in [0.15, 0.2) is 12.3 Å². The summed E-state index contributed by atoms with van der Waals surface area (Å²) in [5.41, 5.74) is 0. The van der Waals surface area contributed by atoms with E-state index in [1.54, 1.807) is 0 Å². The third-order valence-corrected chi connectivity index (χ3v) is 2.78. The average molecular weight is 167 g/mol. The Morgan fingerprint density at radius 3 is 3.08 bits per heavy atom. The van der Waals surface area contributed by atoms with E-state index in [0.29, 0.717) is 25.2 Å². The van der Waals surface area contributed by atoms with Crippen molar-refractivity contribution in [3.63, 3.8) is 0 Å². The lowest BCUT2D eigenvalue weighted by Gasteiger charge is -2.43. The fourth-order valence-electron chi connectivity index (χ4n) is 1.92. The van der Waals surface area contributed by atoms with Gasteiger partial charge in [-0.25, -0.2) is 0 Å². The molecule has 2 bridgehead atoms. The highest BCUT2D eigenvalue weighted by atomic mass is 16.5. The third kappa shape index (κ3) is 1.05. The van der Waals surface area contributed by atoms with Crippen LogP contribution >= 0.6 is 0 Å². The van der Waals surface area contributed by atoms with Gasteiger partial charge in [0.2, 0.25) is 0 Å². The van der Waals surface area contributed by atoms with E-state index in [1.165, 1.54) is 0 Å². The van der Waals surface area contributed by atoms with Gasteiger partial charge in [-0.3, -0.25) is 9.69 Å². The molecule has 2 fully saturated rings. The van der Waals surface area contributed by atoms with E-state index < -0.39 is 0 Å². The Morgan fingerprint density at radius 1 is 1.58 bits per heavy atom. The predicted octanol–water partition coefficient (Wildman–Crippen LogP) is 0.562. The molecule has 66 valence electrons. The minimum absolute atomic E-state index is 0.130. The number of Topliss-reactive ketones (excluding diaryl/α,β-unsaturated/α-hetero) is 1. The first-order chi connectivity index (χ1) is 5.68. The summed E-state index contributed by atoms with van der Waals surface area (Å²) in [6.07, 6.45) is 1.21. The smallest absolute Gasteiger partial charge is 0.136 e. The number of fused-ring (bicyclic) bond motifs is 2. The highest BCUT2D eigenvalue weighted by Gasteiger charge is 2.38. The van der Waals surface area contributed by atoms with E-state index in [2.05, 4.69) is 11.5 Å². The zero-order valence-electron chi connectivity index (χ0n) is 7.25. The molecule has 2 unspecified atom stereocenters. The van der Waals surface area contributed by atoms with E-state index >= 15 is 0 Å². The predicted molar refractivity (Wildman–Crippen MR) is 44.7 cm³/mol. The summed E-state index contributed by atoms with van der Waals surface area (Å²) in [7, 11) is 2.04. The largest absolute Gasteiger partial charge is 0.495 e. The van der Waals surface area contributed by atoms with Crippen LogP contribution in [0.2, 0.25) is 0 Å². The number of hydrogen-bond donors (Lipinski definition) is 0. The molecular formula is C9H13NO2. The van der Waals surface area contributed by atoms with Gasteiger partial charge in [-0.2, -0.15) is 0 Å². The summed E-state index contributed by atoms with van der Waals surface area (Å²) < 4.78 is 5.38. The third-order valence-electron chi connectivity index (χ3n) is 2.78.